The van der Waals surface area contributed by atoms with Gasteiger partial charge >= 0.3 is 0 Å². The van der Waals surface area contributed by atoms with E-state index in [1.54, 1.807) is 30.3 Å². The van der Waals surface area contributed by atoms with E-state index in [1.165, 1.54) is 29.1 Å². The van der Waals surface area contributed by atoms with Crippen LogP contribution in [0.25, 0.3) is 22.0 Å². The van der Waals surface area contributed by atoms with E-state index in [9.17, 15) is 17.6 Å². The minimum atomic E-state index is -3.71. The molecule has 30 heavy (non-hydrogen) atoms. The molecule has 3 aromatic carbocycles. The monoisotopic (exact) mass is 423 g/mol. The first kappa shape index (κ1) is 19.9. The molecule has 0 aliphatic carbocycles. The first-order valence-corrected chi connectivity index (χ1v) is 10.7. The van der Waals surface area contributed by atoms with Crippen molar-refractivity contribution in [1.29, 1.82) is 0 Å². The van der Waals surface area contributed by atoms with Gasteiger partial charge in [-0.1, -0.05) is 30.3 Å². The predicted octanol–water partition coefficient (Wildman–Crippen LogP) is 3.18. The Morgan fingerprint density at radius 2 is 1.67 bits per heavy atom. The summed E-state index contributed by atoms with van der Waals surface area (Å²) in [5.74, 6) is -0.370. The van der Waals surface area contributed by atoms with E-state index in [1.807, 2.05) is 24.3 Å². The Morgan fingerprint density at radius 1 is 0.933 bits per heavy atom. The molecule has 0 bridgehead atoms. The van der Waals surface area contributed by atoms with Gasteiger partial charge in [-0.25, -0.2) is 22.5 Å². The molecule has 4 rings (SSSR count). The third-order valence-electron chi connectivity index (χ3n) is 4.70. The third-order valence-corrected chi connectivity index (χ3v) is 6.15. The number of hydrogen-bond acceptors (Lipinski definition) is 4. The molecule has 1 heterocycles. The molecule has 0 aliphatic heterocycles. The van der Waals surface area contributed by atoms with Gasteiger partial charge in [0.1, 0.15) is 5.82 Å². The van der Waals surface area contributed by atoms with Gasteiger partial charge in [-0.15, -0.1) is 0 Å². The summed E-state index contributed by atoms with van der Waals surface area (Å²) in [6.07, 6.45) is 1.35. The standard InChI is InChI=1S/C22H18FN3O3S/c23-19-8-5-17(6-9-19)21-14-22(27)26(15-24-21)12-11-25-30(28,29)20-10-7-16-3-1-2-4-18(16)13-20/h1-10,13-15,25H,11-12H2. The second-order valence-electron chi connectivity index (χ2n) is 6.72. The minimum absolute atomic E-state index is 0.0344. The van der Waals surface area contributed by atoms with Crippen molar-refractivity contribution in [1.82, 2.24) is 14.3 Å². The largest absolute Gasteiger partial charge is 0.298 e. The molecule has 0 spiro atoms. The first-order chi connectivity index (χ1) is 14.4. The van der Waals surface area contributed by atoms with Crippen molar-refractivity contribution >= 4 is 20.8 Å². The van der Waals surface area contributed by atoms with Crippen LogP contribution in [0.1, 0.15) is 0 Å². The van der Waals surface area contributed by atoms with Crippen LogP contribution < -0.4 is 10.3 Å². The van der Waals surface area contributed by atoms with Gasteiger partial charge in [0.05, 0.1) is 16.9 Å². The van der Waals surface area contributed by atoms with Crippen molar-refractivity contribution in [3.63, 3.8) is 0 Å². The van der Waals surface area contributed by atoms with Crippen LogP contribution in [0.4, 0.5) is 4.39 Å². The van der Waals surface area contributed by atoms with Gasteiger partial charge in [0, 0.05) is 24.7 Å². The molecule has 0 radical (unpaired) electrons. The molecule has 0 atom stereocenters. The van der Waals surface area contributed by atoms with Crippen molar-refractivity contribution in [2.45, 2.75) is 11.4 Å². The minimum Gasteiger partial charge on any atom is -0.298 e. The molecule has 1 aromatic heterocycles. The average molecular weight is 423 g/mol. The van der Waals surface area contributed by atoms with E-state index < -0.39 is 10.0 Å². The normalized spacial score (nSPS) is 11.6. The summed E-state index contributed by atoms with van der Waals surface area (Å²) in [7, 11) is -3.71. The fourth-order valence-corrected chi connectivity index (χ4v) is 4.15. The third kappa shape index (κ3) is 4.29. The Kier molecular flexibility index (Phi) is 5.43. The summed E-state index contributed by atoms with van der Waals surface area (Å²) >= 11 is 0. The number of rotatable bonds is 6. The van der Waals surface area contributed by atoms with Gasteiger partial charge in [-0.3, -0.25) is 9.36 Å². The molecule has 1 N–H and O–H groups in total. The summed E-state index contributed by atoms with van der Waals surface area (Å²) in [6.45, 7) is 0.162. The Bertz CT molecular complexity index is 1370. The van der Waals surface area contributed by atoms with Gasteiger partial charge in [0.25, 0.3) is 5.56 Å². The molecular formula is C22H18FN3O3S. The van der Waals surface area contributed by atoms with E-state index in [4.69, 9.17) is 0 Å². The summed E-state index contributed by atoms with van der Waals surface area (Å²) in [6, 6.07) is 19.4. The highest BCUT2D eigenvalue weighted by Gasteiger charge is 2.14. The molecule has 4 aromatic rings. The first-order valence-electron chi connectivity index (χ1n) is 9.23. The van der Waals surface area contributed by atoms with E-state index in [-0.39, 0.29) is 29.4 Å². The predicted molar refractivity (Wildman–Crippen MR) is 113 cm³/mol. The molecule has 152 valence electrons. The van der Waals surface area contributed by atoms with E-state index in [0.717, 1.165) is 10.8 Å². The topological polar surface area (TPSA) is 81.1 Å². The van der Waals surface area contributed by atoms with Crippen LogP contribution in [-0.4, -0.2) is 24.5 Å². The van der Waals surface area contributed by atoms with Gasteiger partial charge in [0.15, 0.2) is 0 Å². The van der Waals surface area contributed by atoms with Crippen molar-refractivity contribution in [3.8, 4) is 11.3 Å². The Labute approximate surface area is 172 Å². The number of sulfonamides is 1. The molecule has 0 amide bonds. The highest BCUT2D eigenvalue weighted by atomic mass is 32.2. The Morgan fingerprint density at radius 3 is 2.40 bits per heavy atom. The average Bonchev–Trinajstić information content (AvgIpc) is 2.75. The van der Waals surface area contributed by atoms with Crippen LogP contribution >= 0.6 is 0 Å². The molecule has 0 saturated carbocycles. The van der Waals surface area contributed by atoms with Gasteiger partial charge < -0.3 is 0 Å². The van der Waals surface area contributed by atoms with Gasteiger partial charge in [-0.05, 0) is 47.2 Å². The number of nitrogens with one attached hydrogen (secondary N) is 1. The maximum Gasteiger partial charge on any atom is 0.253 e. The van der Waals surface area contributed by atoms with Crippen LogP contribution in [0.3, 0.4) is 0 Å². The van der Waals surface area contributed by atoms with Crippen LogP contribution in [0.2, 0.25) is 0 Å². The van der Waals surface area contributed by atoms with E-state index in [2.05, 4.69) is 9.71 Å². The lowest BCUT2D eigenvalue weighted by Gasteiger charge is -2.10. The number of aromatic nitrogens is 2. The smallest absolute Gasteiger partial charge is 0.253 e. The lowest BCUT2D eigenvalue weighted by Crippen LogP contribution is -2.30. The van der Waals surface area contributed by atoms with E-state index in [0.29, 0.717) is 11.3 Å². The summed E-state index contributed by atoms with van der Waals surface area (Å²) in [4.78, 5) is 16.7. The highest BCUT2D eigenvalue weighted by Crippen LogP contribution is 2.19. The van der Waals surface area contributed by atoms with Crippen LogP contribution in [-0.2, 0) is 16.6 Å². The van der Waals surface area contributed by atoms with Crippen molar-refractivity contribution in [2.24, 2.45) is 0 Å². The quantitative estimate of drug-likeness (QED) is 0.517. The van der Waals surface area contributed by atoms with E-state index >= 15 is 0 Å². The maximum absolute atomic E-state index is 13.0. The fourth-order valence-electron chi connectivity index (χ4n) is 3.09. The Hall–Kier alpha value is -3.36. The number of fused-ring (bicyclic) bond motifs is 1. The molecule has 0 aliphatic rings. The maximum atomic E-state index is 13.0. The summed E-state index contributed by atoms with van der Waals surface area (Å²) in [5, 5.41) is 1.78. The molecule has 0 unspecified atom stereocenters. The number of halogens is 1. The fraction of sp³-hybridized carbons (Fsp3) is 0.0909. The number of nitrogens with zero attached hydrogens (tertiary/aromatic N) is 2. The SMILES string of the molecule is O=c1cc(-c2ccc(F)cc2)ncn1CCNS(=O)(=O)c1ccc2ccccc2c1. The van der Waals surface area contributed by atoms with Crippen LogP contribution in [0.15, 0.2) is 88.8 Å². The zero-order valence-electron chi connectivity index (χ0n) is 15.8. The zero-order chi connectivity index (χ0) is 21.1. The molecule has 6 nitrogen and oxygen atoms in total. The highest BCUT2D eigenvalue weighted by molar-refractivity contribution is 7.89. The molecule has 8 heteroatoms. The molecule has 0 fully saturated rings. The second-order valence-corrected chi connectivity index (χ2v) is 8.49. The lowest BCUT2D eigenvalue weighted by atomic mass is 10.1. The van der Waals surface area contributed by atoms with Crippen molar-refractivity contribution in [3.05, 3.63) is 95.3 Å². The molecular weight excluding hydrogens is 405 g/mol. The second kappa shape index (κ2) is 8.17. The molecule has 0 saturated heterocycles. The number of benzene rings is 3. The Balaban J connectivity index is 1.45. The van der Waals surface area contributed by atoms with Crippen molar-refractivity contribution < 1.29 is 12.8 Å². The van der Waals surface area contributed by atoms with Crippen LogP contribution in [0, 0.1) is 5.82 Å². The van der Waals surface area contributed by atoms with Crippen molar-refractivity contribution in [2.75, 3.05) is 6.54 Å². The van der Waals surface area contributed by atoms with Crippen LogP contribution in [0.5, 0.6) is 0 Å². The van der Waals surface area contributed by atoms with Gasteiger partial charge in [0.2, 0.25) is 10.0 Å². The zero-order valence-corrected chi connectivity index (χ0v) is 16.6. The lowest BCUT2D eigenvalue weighted by molar-refractivity contribution is 0.569. The summed E-state index contributed by atoms with van der Waals surface area (Å²) < 4.78 is 42.0. The van der Waals surface area contributed by atoms with Gasteiger partial charge in [-0.2, -0.15) is 0 Å². The summed E-state index contributed by atoms with van der Waals surface area (Å²) in [5.41, 5.74) is 0.722. The number of hydrogen-bond donors (Lipinski definition) is 1.